The molecule has 0 unspecified atom stereocenters. The molecule has 0 amide bonds. The summed E-state index contributed by atoms with van der Waals surface area (Å²) < 4.78 is 2.59. The Kier molecular flexibility index (Phi) is 5.69. The van der Waals surface area contributed by atoms with E-state index in [0.717, 1.165) is 27.8 Å². The Balaban J connectivity index is 1.25. The molecule has 2 aromatic heterocycles. The summed E-state index contributed by atoms with van der Waals surface area (Å²) in [4.78, 5) is 13.7. The number of rotatable bonds is 4. The standard InChI is InChI=1S/C33H20ClN3S/c34-33-36-31(23-15-13-22(14-16-23)21-7-2-1-3-8-21)35-32(37-33)26-10-6-9-24(19-26)25-17-18-30-28(20-25)27-11-4-5-12-29(27)38-30/h1-20H. The SMILES string of the molecule is Clc1nc(-c2ccc(-c3ccccc3)cc2)nc(-c2cccc(-c3ccc4sc5ccccc5c4c3)c2)n1. The van der Waals surface area contributed by atoms with Gasteiger partial charge in [-0.3, -0.25) is 0 Å². The minimum absolute atomic E-state index is 0.175. The lowest BCUT2D eigenvalue weighted by molar-refractivity contribution is 1.07. The molecule has 2 heterocycles. The van der Waals surface area contributed by atoms with E-state index in [1.807, 2.05) is 53.8 Å². The smallest absolute Gasteiger partial charge is 0.208 e. The van der Waals surface area contributed by atoms with Gasteiger partial charge in [-0.1, -0.05) is 97.1 Å². The summed E-state index contributed by atoms with van der Waals surface area (Å²) in [6.45, 7) is 0. The predicted molar refractivity (Wildman–Crippen MR) is 159 cm³/mol. The lowest BCUT2D eigenvalue weighted by Gasteiger charge is -2.08. The summed E-state index contributed by atoms with van der Waals surface area (Å²) in [6.07, 6.45) is 0. The van der Waals surface area contributed by atoms with E-state index >= 15 is 0 Å². The van der Waals surface area contributed by atoms with Crippen LogP contribution in [0.5, 0.6) is 0 Å². The van der Waals surface area contributed by atoms with Crippen LogP contribution in [-0.2, 0) is 0 Å². The van der Waals surface area contributed by atoms with Crippen molar-refractivity contribution in [1.29, 1.82) is 0 Å². The van der Waals surface area contributed by atoms with Crippen molar-refractivity contribution in [3.05, 3.63) is 127 Å². The zero-order valence-corrected chi connectivity index (χ0v) is 21.7. The third-order valence-corrected chi connectivity index (χ3v) is 8.01. The summed E-state index contributed by atoms with van der Waals surface area (Å²) in [5, 5.41) is 2.74. The van der Waals surface area contributed by atoms with Gasteiger partial charge in [0.1, 0.15) is 0 Å². The first kappa shape index (κ1) is 22.8. The largest absolute Gasteiger partial charge is 0.226 e. The number of thiophene rings is 1. The van der Waals surface area contributed by atoms with Crippen LogP contribution in [0.2, 0.25) is 5.28 Å². The van der Waals surface area contributed by atoms with Crippen molar-refractivity contribution in [1.82, 2.24) is 15.0 Å². The monoisotopic (exact) mass is 525 g/mol. The Morgan fingerprint density at radius 2 is 1.00 bits per heavy atom. The van der Waals surface area contributed by atoms with E-state index in [2.05, 4.69) is 88.8 Å². The van der Waals surface area contributed by atoms with E-state index in [1.54, 1.807) is 0 Å². The second kappa shape index (κ2) is 9.49. The van der Waals surface area contributed by atoms with Crippen LogP contribution in [0, 0.1) is 0 Å². The van der Waals surface area contributed by atoms with Crippen molar-refractivity contribution in [2.75, 3.05) is 0 Å². The summed E-state index contributed by atoms with van der Waals surface area (Å²) in [7, 11) is 0. The molecule has 0 aliphatic carbocycles. The first-order valence-electron chi connectivity index (χ1n) is 12.3. The van der Waals surface area contributed by atoms with Crippen molar-refractivity contribution < 1.29 is 0 Å². The van der Waals surface area contributed by atoms with Crippen LogP contribution in [0.15, 0.2) is 121 Å². The third kappa shape index (κ3) is 4.24. The summed E-state index contributed by atoms with van der Waals surface area (Å²) in [5.74, 6) is 1.10. The molecular formula is C33H20ClN3S. The van der Waals surface area contributed by atoms with Crippen molar-refractivity contribution in [2.45, 2.75) is 0 Å². The van der Waals surface area contributed by atoms with Crippen molar-refractivity contribution >= 4 is 43.1 Å². The second-order valence-electron chi connectivity index (χ2n) is 9.08. The van der Waals surface area contributed by atoms with Gasteiger partial charge in [0.05, 0.1) is 0 Å². The number of aromatic nitrogens is 3. The molecule has 3 nitrogen and oxygen atoms in total. The Labute approximate surface area is 229 Å². The molecular weight excluding hydrogens is 506 g/mol. The second-order valence-corrected chi connectivity index (χ2v) is 10.5. The average molecular weight is 526 g/mol. The van der Waals surface area contributed by atoms with Crippen molar-refractivity contribution in [3.63, 3.8) is 0 Å². The highest BCUT2D eigenvalue weighted by atomic mass is 35.5. The van der Waals surface area contributed by atoms with Crippen LogP contribution < -0.4 is 0 Å². The molecule has 5 aromatic carbocycles. The molecule has 0 aliphatic heterocycles. The Morgan fingerprint density at radius 3 is 1.84 bits per heavy atom. The number of hydrogen-bond acceptors (Lipinski definition) is 4. The summed E-state index contributed by atoms with van der Waals surface area (Å²) in [6, 6.07) is 42.0. The maximum Gasteiger partial charge on any atom is 0.226 e. The van der Waals surface area contributed by atoms with E-state index < -0.39 is 0 Å². The number of fused-ring (bicyclic) bond motifs is 3. The van der Waals surface area contributed by atoms with Crippen LogP contribution >= 0.6 is 22.9 Å². The minimum atomic E-state index is 0.175. The number of hydrogen-bond donors (Lipinski definition) is 0. The first-order valence-corrected chi connectivity index (χ1v) is 13.5. The molecule has 0 fully saturated rings. The van der Waals surface area contributed by atoms with Crippen molar-refractivity contribution in [3.8, 4) is 45.0 Å². The van der Waals surface area contributed by atoms with Crippen LogP contribution in [-0.4, -0.2) is 15.0 Å². The lowest BCUT2D eigenvalue weighted by atomic mass is 10.0. The third-order valence-electron chi connectivity index (χ3n) is 6.69. The van der Waals surface area contributed by atoms with Gasteiger partial charge in [0.2, 0.25) is 5.28 Å². The van der Waals surface area contributed by atoms with Gasteiger partial charge in [0, 0.05) is 31.3 Å². The molecule has 0 spiro atoms. The van der Waals surface area contributed by atoms with Gasteiger partial charge in [-0.15, -0.1) is 11.3 Å². The van der Waals surface area contributed by atoms with E-state index in [1.165, 1.54) is 25.7 Å². The highest BCUT2D eigenvalue weighted by Crippen LogP contribution is 2.37. The van der Waals surface area contributed by atoms with Crippen molar-refractivity contribution in [2.24, 2.45) is 0 Å². The van der Waals surface area contributed by atoms with E-state index in [-0.39, 0.29) is 5.28 Å². The van der Waals surface area contributed by atoms with Crippen LogP contribution in [0.25, 0.3) is 65.2 Å². The topological polar surface area (TPSA) is 38.7 Å². The summed E-state index contributed by atoms with van der Waals surface area (Å²) >= 11 is 8.21. The molecule has 7 aromatic rings. The van der Waals surface area contributed by atoms with Gasteiger partial charge in [0.15, 0.2) is 11.6 Å². The number of nitrogens with zero attached hydrogens (tertiary/aromatic N) is 3. The molecule has 180 valence electrons. The van der Waals surface area contributed by atoms with Gasteiger partial charge in [-0.2, -0.15) is 9.97 Å². The van der Waals surface area contributed by atoms with Crippen LogP contribution in [0.3, 0.4) is 0 Å². The molecule has 7 rings (SSSR count). The Hall–Kier alpha value is -4.38. The number of halogens is 1. The lowest BCUT2D eigenvalue weighted by Crippen LogP contribution is -1.97. The normalized spacial score (nSPS) is 11.3. The molecule has 0 atom stereocenters. The fraction of sp³-hybridized carbons (Fsp3) is 0. The highest BCUT2D eigenvalue weighted by Gasteiger charge is 2.12. The van der Waals surface area contributed by atoms with Crippen LogP contribution in [0.1, 0.15) is 0 Å². The van der Waals surface area contributed by atoms with E-state index in [9.17, 15) is 0 Å². The molecule has 0 aliphatic rings. The molecule has 0 saturated carbocycles. The molecule has 0 N–H and O–H groups in total. The van der Waals surface area contributed by atoms with E-state index in [4.69, 9.17) is 16.6 Å². The van der Waals surface area contributed by atoms with Gasteiger partial charge < -0.3 is 0 Å². The highest BCUT2D eigenvalue weighted by molar-refractivity contribution is 7.25. The fourth-order valence-corrected chi connectivity index (χ4v) is 6.04. The maximum atomic E-state index is 6.38. The van der Waals surface area contributed by atoms with E-state index in [0.29, 0.717) is 11.6 Å². The molecule has 5 heteroatoms. The van der Waals surface area contributed by atoms with Crippen LogP contribution in [0.4, 0.5) is 0 Å². The maximum absolute atomic E-state index is 6.38. The minimum Gasteiger partial charge on any atom is -0.208 e. The van der Waals surface area contributed by atoms with Gasteiger partial charge in [0.25, 0.3) is 0 Å². The average Bonchev–Trinajstić information content (AvgIpc) is 3.35. The zero-order chi connectivity index (χ0) is 25.5. The molecule has 0 bridgehead atoms. The Morgan fingerprint density at radius 1 is 0.421 bits per heavy atom. The molecule has 38 heavy (non-hydrogen) atoms. The van der Waals surface area contributed by atoms with Gasteiger partial charge in [-0.05, 0) is 58.1 Å². The Bertz CT molecular complexity index is 1930. The quantitative estimate of drug-likeness (QED) is 0.229. The molecule has 0 saturated heterocycles. The first-order chi connectivity index (χ1) is 18.7. The molecule has 0 radical (unpaired) electrons. The summed E-state index contributed by atoms with van der Waals surface area (Å²) in [5.41, 5.74) is 6.34. The van der Waals surface area contributed by atoms with Gasteiger partial charge >= 0.3 is 0 Å². The fourth-order valence-electron chi connectivity index (χ4n) is 4.79. The zero-order valence-electron chi connectivity index (χ0n) is 20.2. The predicted octanol–water partition coefficient (Wildman–Crippen LogP) is 9.56. The van der Waals surface area contributed by atoms with Gasteiger partial charge in [-0.25, -0.2) is 4.98 Å². The number of benzene rings is 5.